The van der Waals surface area contributed by atoms with Crippen LogP contribution in [-0.2, 0) is 0 Å². The molecule has 0 fully saturated rings. The second-order valence-electron chi connectivity index (χ2n) is 5.60. The van der Waals surface area contributed by atoms with Crippen molar-refractivity contribution in [2.24, 2.45) is 0 Å². The molecule has 1 aliphatic rings. The summed E-state index contributed by atoms with van der Waals surface area (Å²) in [6.07, 6.45) is 2.10. The minimum atomic E-state index is -0.113. The van der Waals surface area contributed by atoms with Gasteiger partial charge in [-0.2, -0.15) is 4.68 Å². The summed E-state index contributed by atoms with van der Waals surface area (Å²) >= 11 is 0. The van der Waals surface area contributed by atoms with Gasteiger partial charge in [-0.15, -0.1) is 0 Å². The molecule has 0 unspecified atom stereocenters. The van der Waals surface area contributed by atoms with E-state index in [1.807, 2.05) is 48.5 Å². The topological polar surface area (TPSA) is 74.1 Å². The normalized spacial score (nSPS) is 15.8. The predicted molar refractivity (Wildman–Crippen MR) is 93.5 cm³/mol. The number of nitrogens with zero attached hydrogens (tertiary/aromatic N) is 4. The maximum Gasteiger partial charge on any atom is 0.248 e. The molecule has 0 aliphatic carbocycles. The summed E-state index contributed by atoms with van der Waals surface area (Å²) in [5, 5.41) is 15.3. The van der Waals surface area contributed by atoms with Gasteiger partial charge in [0.05, 0.1) is 14.2 Å². The molecule has 3 aromatic rings. The maximum atomic E-state index is 5.32. The van der Waals surface area contributed by atoms with Crippen LogP contribution in [0.25, 0.3) is 5.70 Å². The van der Waals surface area contributed by atoms with Crippen molar-refractivity contribution in [1.29, 1.82) is 0 Å². The standard InChI is InChI=1S/C18H17N5O2/c1-24-14-8-6-12(7-9-14)17-11-16(19-18-20-21-22-23(17)18)13-4-3-5-15(10-13)25-2/h3-11,17H,1-2H3,(H,19,20,22)/t17-/m0/s1. The molecule has 0 radical (unpaired) electrons. The predicted octanol–water partition coefficient (Wildman–Crippen LogP) is 2.75. The zero-order valence-electron chi connectivity index (χ0n) is 13.9. The van der Waals surface area contributed by atoms with Crippen LogP contribution >= 0.6 is 0 Å². The SMILES string of the molecule is COc1ccc([C@@H]2C=C(c3cccc(OC)c3)Nc3nnnn32)cc1. The van der Waals surface area contributed by atoms with Gasteiger partial charge < -0.3 is 14.8 Å². The van der Waals surface area contributed by atoms with E-state index < -0.39 is 0 Å². The van der Waals surface area contributed by atoms with Crippen LogP contribution < -0.4 is 14.8 Å². The first-order chi connectivity index (χ1) is 12.3. The van der Waals surface area contributed by atoms with Crippen LogP contribution in [0.2, 0.25) is 0 Å². The number of aromatic nitrogens is 4. The largest absolute Gasteiger partial charge is 0.497 e. The Morgan fingerprint density at radius 1 is 1.00 bits per heavy atom. The molecule has 4 rings (SSSR count). The maximum absolute atomic E-state index is 5.32. The minimum Gasteiger partial charge on any atom is -0.497 e. The number of rotatable bonds is 4. The molecule has 2 heterocycles. The zero-order chi connectivity index (χ0) is 17.2. The van der Waals surface area contributed by atoms with E-state index in [1.54, 1.807) is 18.9 Å². The number of allylic oxidation sites excluding steroid dienone is 1. The number of anilines is 1. The number of hydrogen-bond donors (Lipinski definition) is 1. The van der Waals surface area contributed by atoms with Crippen LogP contribution in [0.4, 0.5) is 5.95 Å². The smallest absolute Gasteiger partial charge is 0.248 e. The fraction of sp³-hybridized carbons (Fsp3) is 0.167. The van der Waals surface area contributed by atoms with Gasteiger partial charge in [-0.05, 0) is 46.3 Å². The van der Waals surface area contributed by atoms with Crippen LogP contribution in [-0.4, -0.2) is 34.4 Å². The molecule has 0 saturated carbocycles. The number of benzene rings is 2. The molecule has 7 heteroatoms. The van der Waals surface area contributed by atoms with Gasteiger partial charge >= 0.3 is 0 Å². The summed E-state index contributed by atoms with van der Waals surface area (Å²) in [5.74, 6) is 2.21. The van der Waals surface area contributed by atoms with Crippen LogP contribution in [0.1, 0.15) is 17.2 Å². The third-order valence-electron chi connectivity index (χ3n) is 4.17. The number of fused-ring (bicyclic) bond motifs is 1. The monoisotopic (exact) mass is 335 g/mol. The highest BCUT2D eigenvalue weighted by Crippen LogP contribution is 2.33. The van der Waals surface area contributed by atoms with E-state index in [4.69, 9.17) is 9.47 Å². The summed E-state index contributed by atoms with van der Waals surface area (Å²) in [7, 11) is 3.31. The Morgan fingerprint density at radius 2 is 1.80 bits per heavy atom. The zero-order valence-corrected chi connectivity index (χ0v) is 13.9. The number of nitrogens with one attached hydrogen (secondary N) is 1. The molecule has 0 bridgehead atoms. The van der Waals surface area contributed by atoms with Crippen molar-refractivity contribution in [1.82, 2.24) is 20.2 Å². The molecular weight excluding hydrogens is 318 g/mol. The van der Waals surface area contributed by atoms with Crippen molar-refractivity contribution in [3.63, 3.8) is 0 Å². The van der Waals surface area contributed by atoms with Crippen LogP contribution in [0.15, 0.2) is 54.6 Å². The van der Waals surface area contributed by atoms with Crippen molar-refractivity contribution in [3.8, 4) is 11.5 Å². The molecule has 0 spiro atoms. The van der Waals surface area contributed by atoms with E-state index in [1.165, 1.54) is 0 Å². The van der Waals surface area contributed by atoms with Crippen molar-refractivity contribution in [2.45, 2.75) is 6.04 Å². The second kappa shape index (κ2) is 6.27. The van der Waals surface area contributed by atoms with Crippen LogP contribution in [0.3, 0.4) is 0 Å². The van der Waals surface area contributed by atoms with E-state index in [-0.39, 0.29) is 6.04 Å². The number of methoxy groups -OCH3 is 2. The molecule has 0 saturated heterocycles. The Hall–Kier alpha value is -3.35. The fourth-order valence-corrected chi connectivity index (χ4v) is 2.85. The highest BCUT2D eigenvalue weighted by atomic mass is 16.5. The number of hydrogen-bond acceptors (Lipinski definition) is 6. The van der Waals surface area contributed by atoms with Crippen molar-refractivity contribution in [2.75, 3.05) is 19.5 Å². The number of ether oxygens (including phenoxy) is 2. The van der Waals surface area contributed by atoms with Gasteiger partial charge in [0.25, 0.3) is 0 Å². The molecular formula is C18H17N5O2. The van der Waals surface area contributed by atoms with Gasteiger partial charge in [-0.25, -0.2) is 0 Å². The lowest BCUT2D eigenvalue weighted by Gasteiger charge is -2.23. The average molecular weight is 335 g/mol. The van der Waals surface area contributed by atoms with Gasteiger partial charge in [0, 0.05) is 11.3 Å². The molecule has 1 aliphatic heterocycles. The fourth-order valence-electron chi connectivity index (χ4n) is 2.85. The van der Waals surface area contributed by atoms with E-state index in [0.717, 1.165) is 28.3 Å². The lowest BCUT2D eigenvalue weighted by Crippen LogP contribution is -2.20. The summed E-state index contributed by atoms with van der Waals surface area (Å²) in [6, 6.07) is 15.6. The average Bonchev–Trinajstić information content (AvgIpc) is 3.16. The Morgan fingerprint density at radius 3 is 2.56 bits per heavy atom. The molecule has 126 valence electrons. The van der Waals surface area contributed by atoms with Gasteiger partial charge in [-0.1, -0.05) is 29.4 Å². The molecule has 1 aromatic heterocycles. The Labute approximate surface area is 144 Å². The van der Waals surface area contributed by atoms with Gasteiger partial charge in [0.1, 0.15) is 17.5 Å². The summed E-state index contributed by atoms with van der Waals surface area (Å²) in [5.41, 5.74) is 3.00. The molecule has 2 aromatic carbocycles. The Balaban J connectivity index is 1.77. The van der Waals surface area contributed by atoms with Crippen molar-refractivity contribution >= 4 is 11.6 Å². The van der Waals surface area contributed by atoms with Crippen molar-refractivity contribution in [3.05, 3.63) is 65.7 Å². The summed E-state index contributed by atoms with van der Waals surface area (Å²) in [6.45, 7) is 0. The first-order valence-corrected chi connectivity index (χ1v) is 7.83. The third kappa shape index (κ3) is 2.80. The van der Waals surface area contributed by atoms with Gasteiger partial charge in [0.2, 0.25) is 5.95 Å². The first kappa shape index (κ1) is 15.2. The minimum absolute atomic E-state index is 0.113. The van der Waals surface area contributed by atoms with Crippen LogP contribution in [0, 0.1) is 0 Å². The van der Waals surface area contributed by atoms with E-state index in [0.29, 0.717) is 5.95 Å². The Kier molecular flexibility index (Phi) is 3.81. The van der Waals surface area contributed by atoms with E-state index in [9.17, 15) is 0 Å². The highest BCUT2D eigenvalue weighted by Gasteiger charge is 2.24. The van der Waals surface area contributed by atoms with Gasteiger partial charge in [0.15, 0.2) is 0 Å². The highest BCUT2D eigenvalue weighted by molar-refractivity contribution is 5.77. The molecule has 1 atom stereocenters. The number of tetrazole rings is 1. The van der Waals surface area contributed by atoms with Crippen LogP contribution in [0.5, 0.6) is 11.5 Å². The lowest BCUT2D eigenvalue weighted by atomic mass is 10.0. The summed E-state index contributed by atoms with van der Waals surface area (Å²) in [4.78, 5) is 0. The molecule has 7 nitrogen and oxygen atoms in total. The van der Waals surface area contributed by atoms with E-state index in [2.05, 4.69) is 26.9 Å². The van der Waals surface area contributed by atoms with Gasteiger partial charge in [-0.3, -0.25) is 0 Å². The quantitative estimate of drug-likeness (QED) is 0.790. The first-order valence-electron chi connectivity index (χ1n) is 7.83. The summed E-state index contributed by atoms with van der Waals surface area (Å²) < 4.78 is 12.3. The Bertz CT molecular complexity index is 917. The molecule has 0 amide bonds. The lowest BCUT2D eigenvalue weighted by molar-refractivity contribution is 0.414. The van der Waals surface area contributed by atoms with E-state index >= 15 is 0 Å². The van der Waals surface area contributed by atoms with Crippen molar-refractivity contribution < 1.29 is 9.47 Å². The second-order valence-corrected chi connectivity index (χ2v) is 5.60. The molecule has 1 N–H and O–H groups in total. The molecule has 25 heavy (non-hydrogen) atoms. The third-order valence-corrected chi connectivity index (χ3v) is 4.17.